The molecule has 1 heterocycles. The van der Waals surface area contributed by atoms with Crippen molar-refractivity contribution in [3.63, 3.8) is 0 Å². The summed E-state index contributed by atoms with van der Waals surface area (Å²) in [7, 11) is 1.61. The van der Waals surface area contributed by atoms with E-state index in [4.69, 9.17) is 9.47 Å². The molecule has 0 fully saturated rings. The Labute approximate surface area is 212 Å². The van der Waals surface area contributed by atoms with E-state index in [1.165, 1.54) is 0 Å². The molecule has 0 aliphatic rings. The van der Waals surface area contributed by atoms with E-state index in [2.05, 4.69) is 10.3 Å². The third-order valence-electron chi connectivity index (χ3n) is 6.04. The van der Waals surface area contributed by atoms with Crippen LogP contribution in [0.15, 0.2) is 54.7 Å². The minimum Gasteiger partial charge on any atom is -0.497 e. The standard InChI is InChI=1S/C28H37N3O5/c1-19(20-10-12-23(35-5)13-11-20)31(27(34)36-28(2,3)4)15-14-29-22(17-26(32)33)16-21-18-30-25-9-7-6-8-24(21)25/h6-13,18-19,22,29-30H,14-17H2,1-5H3,(H,32,33)/t19?,22-/m0/s1. The van der Waals surface area contributed by atoms with E-state index in [0.717, 1.165) is 27.8 Å². The molecule has 0 bridgehead atoms. The number of H-pyrrole nitrogens is 1. The fourth-order valence-corrected chi connectivity index (χ4v) is 4.21. The number of carbonyl (C=O) groups is 2. The van der Waals surface area contributed by atoms with Gasteiger partial charge in [-0.05, 0) is 63.4 Å². The topological polar surface area (TPSA) is 104 Å². The molecule has 8 nitrogen and oxygen atoms in total. The Balaban J connectivity index is 1.72. The zero-order chi connectivity index (χ0) is 26.3. The molecule has 36 heavy (non-hydrogen) atoms. The first-order chi connectivity index (χ1) is 17.1. The van der Waals surface area contributed by atoms with Crippen LogP contribution < -0.4 is 10.1 Å². The maximum absolute atomic E-state index is 13.1. The van der Waals surface area contributed by atoms with Crippen LogP contribution in [0.2, 0.25) is 0 Å². The first-order valence-corrected chi connectivity index (χ1v) is 12.2. The molecule has 0 aliphatic heterocycles. The van der Waals surface area contributed by atoms with E-state index in [1.807, 2.05) is 82.4 Å². The first-order valence-electron chi connectivity index (χ1n) is 12.2. The summed E-state index contributed by atoms with van der Waals surface area (Å²) in [5.41, 5.74) is 2.39. The molecule has 2 atom stereocenters. The van der Waals surface area contributed by atoms with Crippen molar-refractivity contribution in [1.82, 2.24) is 15.2 Å². The van der Waals surface area contributed by atoms with E-state index >= 15 is 0 Å². The molecule has 0 radical (unpaired) electrons. The van der Waals surface area contributed by atoms with Gasteiger partial charge in [0, 0.05) is 36.2 Å². The van der Waals surface area contributed by atoms with Crippen LogP contribution in [0, 0.1) is 0 Å². The van der Waals surface area contributed by atoms with Gasteiger partial charge in [0.05, 0.1) is 19.6 Å². The number of carboxylic acids is 1. The molecule has 3 aromatic rings. The lowest BCUT2D eigenvalue weighted by Crippen LogP contribution is -2.44. The van der Waals surface area contributed by atoms with Crippen LogP contribution in [0.3, 0.4) is 0 Å². The van der Waals surface area contributed by atoms with Gasteiger partial charge >= 0.3 is 12.1 Å². The summed E-state index contributed by atoms with van der Waals surface area (Å²) in [5.74, 6) is -0.131. The molecule has 0 aliphatic carbocycles. The molecular formula is C28H37N3O5. The lowest BCUT2D eigenvalue weighted by molar-refractivity contribution is -0.137. The van der Waals surface area contributed by atoms with Gasteiger partial charge in [0.2, 0.25) is 0 Å². The number of methoxy groups -OCH3 is 1. The Morgan fingerprint density at radius 2 is 1.81 bits per heavy atom. The van der Waals surface area contributed by atoms with E-state index in [0.29, 0.717) is 19.5 Å². The van der Waals surface area contributed by atoms with E-state index in [1.54, 1.807) is 12.0 Å². The number of aromatic nitrogens is 1. The van der Waals surface area contributed by atoms with Gasteiger partial charge in [0.25, 0.3) is 0 Å². The molecule has 0 saturated carbocycles. The monoisotopic (exact) mass is 495 g/mol. The van der Waals surface area contributed by atoms with Crippen molar-refractivity contribution in [2.45, 2.75) is 58.2 Å². The molecule has 1 unspecified atom stereocenters. The van der Waals surface area contributed by atoms with Gasteiger partial charge in [-0.25, -0.2) is 4.79 Å². The summed E-state index contributed by atoms with van der Waals surface area (Å²) in [4.78, 5) is 29.6. The predicted octanol–water partition coefficient (Wildman–Crippen LogP) is 5.15. The summed E-state index contributed by atoms with van der Waals surface area (Å²) in [6.07, 6.45) is 2.04. The number of amides is 1. The SMILES string of the molecule is COc1ccc(C(C)N(CCN[C@H](CC(=O)O)Cc2c[nH]c3ccccc23)C(=O)OC(C)(C)C)cc1. The number of aliphatic carboxylic acids is 1. The Kier molecular flexibility index (Phi) is 8.98. The number of rotatable bonds is 11. The number of carbonyl (C=O) groups excluding carboxylic acids is 1. The van der Waals surface area contributed by atoms with Crippen molar-refractivity contribution in [2.24, 2.45) is 0 Å². The van der Waals surface area contributed by atoms with Crippen LogP contribution in [0.1, 0.15) is 51.3 Å². The summed E-state index contributed by atoms with van der Waals surface area (Å²) >= 11 is 0. The number of fused-ring (bicyclic) bond motifs is 1. The summed E-state index contributed by atoms with van der Waals surface area (Å²) in [6.45, 7) is 8.23. The van der Waals surface area contributed by atoms with Crippen molar-refractivity contribution in [3.05, 3.63) is 65.9 Å². The maximum atomic E-state index is 13.1. The van der Waals surface area contributed by atoms with Gasteiger partial charge < -0.3 is 29.8 Å². The largest absolute Gasteiger partial charge is 0.497 e. The predicted molar refractivity (Wildman–Crippen MR) is 140 cm³/mol. The Morgan fingerprint density at radius 3 is 2.44 bits per heavy atom. The minimum absolute atomic E-state index is 0.0278. The molecule has 1 amide bonds. The number of ether oxygens (including phenoxy) is 2. The van der Waals surface area contributed by atoms with Crippen LogP contribution in [0.4, 0.5) is 4.79 Å². The normalized spacial score (nSPS) is 13.2. The highest BCUT2D eigenvalue weighted by Gasteiger charge is 2.27. The molecule has 2 aromatic carbocycles. The number of hydrogen-bond donors (Lipinski definition) is 3. The zero-order valence-electron chi connectivity index (χ0n) is 21.7. The van der Waals surface area contributed by atoms with Crippen molar-refractivity contribution in [1.29, 1.82) is 0 Å². The second kappa shape index (κ2) is 11.9. The average Bonchev–Trinajstić information content (AvgIpc) is 3.22. The molecule has 3 rings (SSSR count). The Morgan fingerprint density at radius 1 is 1.11 bits per heavy atom. The molecule has 0 saturated heterocycles. The van der Waals surface area contributed by atoms with E-state index in [9.17, 15) is 14.7 Å². The number of benzene rings is 2. The van der Waals surface area contributed by atoms with Gasteiger partial charge in [-0.3, -0.25) is 4.79 Å². The van der Waals surface area contributed by atoms with Crippen molar-refractivity contribution >= 4 is 23.0 Å². The molecule has 1 aromatic heterocycles. The van der Waals surface area contributed by atoms with Crippen molar-refractivity contribution in [2.75, 3.05) is 20.2 Å². The smallest absolute Gasteiger partial charge is 0.410 e. The number of hydrogen-bond acceptors (Lipinski definition) is 5. The van der Waals surface area contributed by atoms with Crippen LogP contribution in [-0.4, -0.2) is 58.9 Å². The lowest BCUT2D eigenvalue weighted by atomic mass is 10.0. The van der Waals surface area contributed by atoms with Crippen LogP contribution >= 0.6 is 0 Å². The maximum Gasteiger partial charge on any atom is 0.410 e. The van der Waals surface area contributed by atoms with Crippen molar-refractivity contribution < 1.29 is 24.2 Å². The number of nitrogens with one attached hydrogen (secondary N) is 2. The molecule has 3 N–H and O–H groups in total. The molecule has 194 valence electrons. The van der Waals surface area contributed by atoms with Crippen molar-refractivity contribution in [3.8, 4) is 5.75 Å². The minimum atomic E-state index is -0.872. The highest BCUT2D eigenvalue weighted by atomic mass is 16.6. The number of carboxylic acid groups (broad SMARTS) is 1. The van der Waals surface area contributed by atoms with Crippen LogP contribution in [0.25, 0.3) is 10.9 Å². The highest BCUT2D eigenvalue weighted by Crippen LogP contribution is 2.25. The second-order valence-electron chi connectivity index (χ2n) is 9.94. The molecule has 8 heteroatoms. The first kappa shape index (κ1) is 27.1. The fraction of sp³-hybridized carbons (Fsp3) is 0.429. The number of nitrogens with zero attached hydrogens (tertiary/aromatic N) is 1. The van der Waals surface area contributed by atoms with Gasteiger partial charge in [0.15, 0.2) is 0 Å². The lowest BCUT2D eigenvalue weighted by Gasteiger charge is -2.32. The van der Waals surface area contributed by atoms with Gasteiger partial charge in [-0.2, -0.15) is 0 Å². The Hall–Kier alpha value is -3.52. The van der Waals surface area contributed by atoms with Crippen LogP contribution in [0.5, 0.6) is 5.75 Å². The molecule has 0 spiro atoms. The third kappa shape index (κ3) is 7.49. The number of aromatic amines is 1. The second-order valence-corrected chi connectivity index (χ2v) is 9.94. The van der Waals surface area contributed by atoms with Gasteiger partial charge in [-0.1, -0.05) is 30.3 Å². The van der Waals surface area contributed by atoms with E-state index < -0.39 is 17.7 Å². The summed E-state index contributed by atoms with van der Waals surface area (Å²) in [6, 6.07) is 15.0. The Bertz CT molecular complexity index is 1150. The highest BCUT2D eigenvalue weighted by molar-refractivity contribution is 5.83. The quantitative estimate of drug-likeness (QED) is 0.340. The average molecular weight is 496 g/mol. The van der Waals surface area contributed by atoms with E-state index in [-0.39, 0.29) is 18.5 Å². The summed E-state index contributed by atoms with van der Waals surface area (Å²) in [5, 5.41) is 13.9. The van der Waals surface area contributed by atoms with Gasteiger partial charge in [-0.15, -0.1) is 0 Å². The molecular weight excluding hydrogens is 458 g/mol. The fourth-order valence-electron chi connectivity index (χ4n) is 4.21. The third-order valence-corrected chi connectivity index (χ3v) is 6.04. The van der Waals surface area contributed by atoms with Gasteiger partial charge in [0.1, 0.15) is 11.4 Å². The summed E-state index contributed by atoms with van der Waals surface area (Å²) < 4.78 is 10.9. The zero-order valence-corrected chi connectivity index (χ0v) is 21.7. The number of para-hydroxylation sites is 1. The van der Waals surface area contributed by atoms with Crippen LogP contribution in [-0.2, 0) is 16.0 Å².